The first kappa shape index (κ1) is 15.4. The molecule has 6 nitrogen and oxygen atoms in total. The minimum atomic E-state index is -0.528. The molecule has 120 valence electrons. The van der Waals surface area contributed by atoms with Crippen molar-refractivity contribution in [3.63, 3.8) is 0 Å². The van der Waals surface area contributed by atoms with Gasteiger partial charge in [0, 0.05) is 5.69 Å². The van der Waals surface area contributed by atoms with E-state index in [1.165, 1.54) is 18.2 Å². The molecule has 1 amide bonds. The minimum Gasteiger partial charge on any atom is -0.508 e. The molecular weight excluding hydrogens is 308 g/mol. The molecule has 3 rings (SSSR count). The van der Waals surface area contributed by atoms with E-state index in [4.69, 9.17) is 9.47 Å². The smallest absolute Gasteiger partial charge is 0.266 e. The summed E-state index contributed by atoms with van der Waals surface area (Å²) in [5.74, 6) is 0.806. The first-order valence-electron chi connectivity index (χ1n) is 7.19. The van der Waals surface area contributed by atoms with Gasteiger partial charge in [0.05, 0.1) is 0 Å². The van der Waals surface area contributed by atoms with Crippen LogP contribution in [0.15, 0.2) is 42.0 Å². The summed E-state index contributed by atoms with van der Waals surface area (Å²) < 4.78 is 10.6. The first-order chi connectivity index (χ1) is 11.6. The second-order valence-electron chi connectivity index (χ2n) is 5.23. The van der Waals surface area contributed by atoms with E-state index in [0.29, 0.717) is 22.7 Å². The summed E-state index contributed by atoms with van der Waals surface area (Å²) in [5, 5.41) is 21.2. The molecule has 0 aromatic heterocycles. The van der Waals surface area contributed by atoms with Crippen LogP contribution in [0.4, 0.5) is 5.69 Å². The van der Waals surface area contributed by atoms with E-state index >= 15 is 0 Å². The number of amides is 1. The lowest BCUT2D eigenvalue weighted by atomic mass is 10.0. The average Bonchev–Trinajstić information content (AvgIpc) is 3.01. The number of ether oxygens (including phenoxy) is 2. The molecule has 1 aliphatic rings. The summed E-state index contributed by atoms with van der Waals surface area (Å²) in [6.45, 7) is 2.02. The fourth-order valence-corrected chi connectivity index (χ4v) is 2.26. The number of phenolic OH excluding ortho intramolecular Hbond substituents is 1. The van der Waals surface area contributed by atoms with E-state index in [1.807, 2.05) is 13.0 Å². The lowest BCUT2D eigenvalue weighted by Gasteiger charge is -2.06. The number of aromatic hydroxyl groups is 1. The number of fused-ring (bicyclic) bond motifs is 1. The second-order valence-corrected chi connectivity index (χ2v) is 5.23. The molecular formula is C18H14N2O4. The average molecular weight is 322 g/mol. The van der Waals surface area contributed by atoms with Crippen molar-refractivity contribution in [2.75, 3.05) is 12.1 Å². The number of nitrogens with one attached hydrogen (secondary N) is 1. The van der Waals surface area contributed by atoms with Crippen LogP contribution in [-0.2, 0) is 4.79 Å². The van der Waals surface area contributed by atoms with Crippen LogP contribution < -0.4 is 14.8 Å². The van der Waals surface area contributed by atoms with Crippen LogP contribution in [-0.4, -0.2) is 17.8 Å². The van der Waals surface area contributed by atoms with Crippen molar-refractivity contribution in [1.82, 2.24) is 0 Å². The van der Waals surface area contributed by atoms with Gasteiger partial charge in [-0.25, -0.2) is 0 Å². The number of benzene rings is 2. The van der Waals surface area contributed by atoms with E-state index < -0.39 is 5.91 Å². The van der Waals surface area contributed by atoms with E-state index in [2.05, 4.69) is 5.32 Å². The van der Waals surface area contributed by atoms with Gasteiger partial charge < -0.3 is 19.9 Å². The Kier molecular flexibility index (Phi) is 4.08. The zero-order valence-corrected chi connectivity index (χ0v) is 12.9. The van der Waals surface area contributed by atoms with E-state index in [9.17, 15) is 15.2 Å². The van der Waals surface area contributed by atoms with Crippen LogP contribution in [0.1, 0.15) is 11.1 Å². The number of nitrogens with zero attached hydrogens (tertiary/aromatic N) is 1. The molecule has 2 aromatic rings. The van der Waals surface area contributed by atoms with Gasteiger partial charge in [0.1, 0.15) is 17.4 Å². The Morgan fingerprint density at radius 3 is 2.58 bits per heavy atom. The summed E-state index contributed by atoms with van der Waals surface area (Å²) >= 11 is 0. The fraction of sp³-hybridized carbons (Fsp3) is 0.111. The van der Waals surface area contributed by atoms with Crippen molar-refractivity contribution in [2.45, 2.75) is 6.92 Å². The lowest BCUT2D eigenvalue weighted by Crippen LogP contribution is -2.13. The summed E-state index contributed by atoms with van der Waals surface area (Å²) in [4.78, 5) is 12.3. The van der Waals surface area contributed by atoms with Crippen LogP contribution in [0.3, 0.4) is 0 Å². The predicted octanol–water partition coefficient (Wildman–Crippen LogP) is 2.98. The molecule has 0 unspecified atom stereocenters. The van der Waals surface area contributed by atoms with E-state index in [0.717, 1.165) is 5.56 Å². The molecule has 1 aliphatic heterocycles. The number of hydrogen-bond acceptors (Lipinski definition) is 5. The number of carbonyl (C=O) groups is 1. The third-order valence-corrected chi connectivity index (χ3v) is 3.55. The maximum atomic E-state index is 12.3. The molecule has 0 bridgehead atoms. The van der Waals surface area contributed by atoms with E-state index in [-0.39, 0.29) is 18.1 Å². The summed E-state index contributed by atoms with van der Waals surface area (Å²) in [6.07, 6.45) is 1.51. The van der Waals surface area contributed by atoms with Gasteiger partial charge in [-0.2, -0.15) is 5.26 Å². The van der Waals surface area contributed by atoms with Gasteiger partial charge >= 0.3 is 0 Å². The minimum absolute atomic E-state index is 0.0370. The molecule has 0 saturated carbocycles. The number of nitriles is 1. The van der Waals surface area contributed by atoms with Crippen molar-refractivity contribution < 1.29 is 19.4 Å². The van der Waals surface area contributed by atoms with Crippen molar-refractivity contribution in [2.24, 2.45) is 0 Å². The third kappa shape index (κ3) is 3.15. The van der Waals surface area contributed by atoms with Gasteiger partial charge in [0.2, 0.25) is 6.79 Å². The summed E-state index contributed by atoms with van der Waals surface area (Å²) in [5.41, 5.74) is 2.02. The molecule has 0 atom stereocenters. The van der Waals surface area contributed by atoms with Crippen LogP contribution >= 0.6 is 0 Å². The molecule has 0 saturated heterocycles. The first-order valence-corrected chi connectivity index (χ1v) is 7.19. The van der Waals surface area contributed by atoms with Gasteiger partial charge in [-0.15, -0.1) is 0 Å². The quantitative estimate of drug-likeness (QED) is 0.515. The Labute approximate surface area is 138 Å². The Bertz CT molecular complexity index is 864. The van der Waals surface area contributed by atoms with Gasteiger partial charge in [-0.1, -0.05) is 0 Å². The topological polar surface area (TPSA) is 91.6 Å². The number of anilines is 1. The zero-order chi connectivity index (χ0) is 17.1. The molecule has 0 aliphatic carbocycles. The molecule has 2 N–H and O–H groups in total. The molecule has 0 fully saturated rings. The number of phenols is 1. The van der Waals surface area contributed by atoms with Gasteiger partial charge in [0.15, 0.2) is 11.5 Å². The maximum absolute atomic E-state index is 12.3. The van der Waals surface area contributed by atoms with Crippen molar-refractivity contribution in [3.8, 4) is 23.3 Å². The maximum Gasteiger partial charge on any atom is 0.266 e. The van der Waals surface area contributed by atoms with Crippen LogP contribution in [0.2, 0.25) is 0 Å². The summed E-state index contributed by atoms with van der Waals surface area (Å²) in [7, 11) is 0. The van der Waals surface area contributed by atoms with Crippen molar-refractivity contribution in [1.29, 1.82) is 5.26 Å². The number of hydrogen-bond donors (Lipinski definition) is 2. The highest BCUT2D eigenvalue weighted by atomic mass is 16.7. The predicted molar refractivity (Wildman–Crippen MR) is 87.6 cm³/mol. The highest BCUT2D eigenvalue weighted by Gasteiger charge is 2.16. The van der Waals surface area contributed by atoms with Crippen molar-refractivity contribution in [3.05, 3.63) is 53.1 Å². The Hall–Kier alpha value is -3.46. The largest absolute Gasteiger partial charge is 0.508 e. The Balaban J connectivity index is 1.85. The highest BCUT2D eigenvalue weighted by Crippen LogP contribution is 2.35. The molecule has 1 heterocycles. The summed E-state index contributed by atoms with van der Waals surface area (Å²) in [6, 6.07) is 11.5. The van der Waals surface area contributed by atoms with Crippen molar-refractivity contribution >= 4 is 17.7 Å². The number of aryl methyl sites for hydroxylation is 1. The monoisotopic (exact) mass is 322 g/mol. The molecule has 2 aromatic carbocycles. The second kappa shape index (κ2) is 6.34. The molecule has 6 heteroatoms. The standard InChI is InChI=1S/C18H14N2O4/c1-11-6-16-17(24-10-23-16)8-12(11)7-13(9-19)18(22)20-14-2-4-15(21)5-3-14/h2-8,21H,10H2,1H3,(H,20,22). The Morgan fingerprint density at radius 1 is 1.25 bits per heavy atom. The highest BCUT2D eigenvalue weighted by molar-refractivity contribution is 6.09. The van der Waals surface area contributed by atoms with Gasteiger partial charge in [0.25, 0.3) is 5.91 Å². The zero-order valence-electron chi connectivity index (χ0n) is 12.9. The normalized spacial score (nSPS) is 12.6. The molecule has 0 radical (unpaired) electrons. The van der Waals surface area contributed by atoms with Gasteiger partial charge in [-0.05, 0) is 60.5 Å². The lowest BCUT2D eigenvalue weighted by molar-refractivity contribution is -0.112. The number of carbonyl (C=O) groups excluding carboxylic acids is 1. The molecule has 24 heavy (non-hydrogen) atoms. The van der Waals surface area contributed by atoms with Crippen LogP contribution in [0.5, 0.6) is 17.2 Å². The third-order valence-electron chi connectivity index (χ3n) is 3.55. The molecule has 0 spiro atoms. The number of rotatable bonds is 3. The SMILES string of the molecule is Cc1cc2c(cc1C=C(C#N)C(=O)Nc1ccc(O)cc1)OCO2. The van der Waals surface area contributed by atoms with E-state index in [1.54, 1.807) is 24.3 Å². The van der Waals surface area contributed by atoms with Crippen LogP contribution in [0, 0.1) is 18.3 Å². The fourth-order valence-electron chi connectivity index (χ4n) is 2.26. The van der Waals surface area contributed by atoms with Gasteiger partial charge in [-0.3, -0.25) is 4.79 Å². The van der Waals surface area contributed by atoms with Crippen LogP contribution in [0.25, 0.3) is 6.08 Å². The Morgan fingerprint density at radius 2 is 1.92 bits per heavy atom.